The van der Waals surface area contributed by atoms with Gasteiger partial charge in [-0.25, -0.2) is 29.9 Å². The zero-order chi connectivity index (χ0) is 84.6. The Bertz CT molecular complexity index is 6950. The van der Waals surface area contributed by atoms with Crippen LogP contribution >= 0.6 is 0 Å². The van der Waals surface area contributed by atoms with Crippen molar-refractivity contribution in [2.75, 3.05) is 0 Å². The van der Waals surface area contributed by atoms with Gasteiger partial charge in [-0.1, -0.05) is 297 Å². The monoisotopic (exact) mass is 1600 g/mol. The SMILES string of the molecule is CC1(C)OB(c2ccc(-c3nc(-c4cc(-c5ccccc5)cc(-c5ccccc5)c4)nc4ccccc34)cc2)OC1(C)C.CC1(C)OB(c2ccc(-c3nc(-c4ccc5c(ccc6ccccc65)c4)nc4ccccc34)cc2)OC1(C)C.CC1(C)OB(c2cccc(-c3cccc(-c4nc(-c5ccccc5)nc5c4ccc4ccccc45)c3)c2)OC1(C)C. The van der Waals surface area contributed by atoms with E-state index in [4.69, 9.17) is 57.8 Å². The molecular weight excluding hydrogens is 1510 g/mol. The van der Waals surface area contributed by atoms with Gasteiger partial charge in [0.15, 0.2) is 17.5 Å². The van der Waals surface area contributed by atoms with Gasteiger partial charge in [-0.05, 0) is 208 Å². The molecule has 0 atom stereocenters. The molecule has 0 amide bonds. The average molecular weight is 1600 g/mol. The van der Waals surface area contributed by atoms with E-state index in [1.807, 2.05) is 54.6 Å². The van der Waals surface area contributed by atoms with Crippen molar-refractivity contribution >= 4 is 103 Å². The Kier molecular flexibility index (Phi) is 20.6. The van der Waals surface area contributed by atoms with Gasteiger partial charge in [0.05, 0.1) is 67.2 Å². The quantitative estimate of drug-likeness (QED) is 0.0852. The second-order valence-corrected chi connectivity index (χ2v) is 35.2. The van der Waals surface area contributed by atoms with Gasteiger partial charge in [-0.2, -0.15) is 0 Å². The fourth-order valence-electron chi connectivity index (χ4n) is 16.4. The molecule has 3 aliphatic rings. The molecule has 21 rings (SSSR count). The van der Waals surface area contributed by atoms with Crippen LogP contribution in [0.25, 0.3) is 166 Å². The van der Waals surface area contributed by atoms with Gasteiger partial charge in [-0.3, -0.25) is 0 Å². The highest BCUT2D eigenvalue weighted by molar-refractivity contribution is 6.63. The molecule has 12 nitrogen and oxygen atoms in total. The second kappa shape index (κ2) is 31.8. The van der Waals surface area contributed by atoms with Gasteiger partial charge >= 0.3 is 21.4 Å². The molecule has 15 heteroatoms. The lowest BCUT2D eigenvalue weighted by molar-refractivity contribution is 0.00578. The number of nitrogens with zero attached hydrogens (tertiary/aromatic N) is 6. The van der Waals surface area contributed by atoms with Crippen molar-refractivity contribution in [1.82, 2.24) is 29.9 Å². The Morgan fingerprint density at radius 3 is 1.03 bits per heavy atom. The first kappa shape index (κ1) is 79.8. The molecule has 18 aromatic rings. The Balaban J connectivity index is 0.000000121. The molecule has 3 saturated heterocycles. The van der Waals surface area contributed by atoms with E-state index in [-0.39, 0.29) is 33.6 Å². The molecule has 0 N–H and O–H groups in total. The summed E-state index contributed by atoms with van der Waals surface area (Å²) in [5.41, 5.74) is 19.0. The minimum absolute atomic E-state index is 0.375. The molecule has 6 heterocycles. The van der Waals surface area contributed by atoms with Crippen LogP contribution in [0.3, 0.4) is 0 Å². The third kappa shape index (κ3) is 15.6. The van der Waals surface area contributed by atoms with Gasteiger partial charge < -0.3 is 27.9 Å². The topological polar surface area (TPSA) is 133 Å². The summed E-state index contributed by atoms with van der Waals surface area (Å²) in [6.45, 7) is 24.9. The molecule has 0 bridgehead atoms. The predicted octanol–water partition coefficient (Wildman–Crippen LogP) is 24.2. The maximum atomic E-state index is 6.33. The van der Waals surface area contributed by atoms with Gasteiger partial charge in [0.2, 0.25) is 0 Å². The summed E-state index contributed by atoms with van der Waals surface area (Å²) in [7, 11) is -1.21. The third-order valence-corrected chi connectivity index (χ3v) is 25.5. The number of hydrogen-bond acceptors (Lipinski definition) is 12. The Hall–Kier alpha value is -12.9. The van der Waals surface area contributed by atoms with E-state index in [1.165, 1.54) is 21.5 Å². The molecule has 600 valence electrons. The zero-order valence-corrected chi connectivity index (χ0v) is 71.3. The smallest absolute Gasteiger partial charge is 0.399 e. The number of benzene rings is 15. The Labute approximate surface area is 719 Å². The lowest BCUT2D eigenvalue weighted by Gasteiger charge is -2.32. The Morgan fingerprint density at radius 2 is 0.520 bits per heavy atom. The molecule has 0 unspecified atom stereocenters. The van der Waals surface area contributed by atoms with E-state index < -0.39 is 21.4 Å². The summed E-state index contributed by atoms with van der Waals surface area (Å²) in [5.74, 6) is 2.13. The molecule has 0 saturated carbocycles. The third-order valence-electron chi connectivity index (χ3n) is 25.5. The van der Waals surface area contributed by atoms with E-state index in [0.717, 1.165) is 150 Å². The molecule has 0 spiro atoms. The number of para-hydroxylation sites is 2. The number of aromatic nitrogens is 6. The Morgan fingerprint density at radius 1 is 0.187 bits per heavy atom. The molecule has 123 heavy (non-hydrogen) atoms. The van der Waals surface area contributed by atoms with Crippen LogP contribution in [-0.4, -0.2) is 84.9 Å². The fraction of sp³-hybridized carbons (Fsp3) is 0.167. The lowest BCUT2D eigenvalue weighted by Crippen LogP contribution is -2.41. The first-order chi connectivity index (χ1) is 59.3. The summed E-state index contributed by atoms with van der Waals surface area (Å²) in [6, 6.07) is 120. The molecular formula is C108H93B3N6O6. The standard InChI is InChI=1S/C38H33BN2O2.C36H31BN2O2.C34H29BN2O2/c1-37(2)38(3,4)43-39(42-37)32-21-19-28(20-22-32)35-33-17-11-12-18-34(33)40-36(41-35)31-24-29(26-13-7-5-8-14-26)23-30(25-31)27-15-9-6-10-16-27;1-35(2)36(3,4)41-37(40-35)29-18-11-16-27(23-29)26-15-10-17-28(22-26)32-31-21-20-24-12-8-9-19-30(24)33(31)39-34(38-32)25-13-6-5-7-14-25;1-33(2)34(3,4)39-35(38-33)26-18-15-23(16-19-26)31-29-11-7-8-12-30(29)36-32(37-31)25-17-20-28-24(21-25)14-13-22-9-5-6-10-27(22)28/h5-25H,1-4H3;5-23H,1-4H3;5-21H,1-4H3. The summed E-state index contributed by atoms with van der Waals surface area (Å²) in [6.07, 6.45) is 0. The highest BCUT2D eigenvalue weighted by Crippen LogP contribution is 2.43. The first-order valence-electron chi connectivity index (χ1n) is 42.3. The molecule has 3 fully saturated rings. The van der Waals surface area contributed by atoms with Crippen LogP contribution in [0.5, 0.6) is 0 Å². The van der Waals surface area contributed by atoms with Crippen molar-refractivity contribution in [3.63, 3.8) is 0 Å². The molecule has 3 aromatic heterocycles. The minimum atomic E-state index is -0.408. The maximum absolute atomic E-state index is 6.33. The maximum Gasteiger partial charge on any atom is 0.494 e. The first-order valence-corrected chi connectivity index (χ1v) is 42.3. The number of rotatable bonds is 12. The van der Waals surface area contributed by atoms with Crippen LogP contribution in [0.1, 0.15) is 83.1 Å². The molecule has 0 aliphatic carbocycles. The molecule has 15 aromatic carbocycles. The van der Waals surface area contributed by atoms with E-state index >= 15 is 0 Å². The van der Waals surface area contributed by atoms with Gasteiger partial charge in [0.25, 0.3) is 0 Å². The summed E-state index contributed by atoms with van der Waals surface area (Å²) < 4.78 is 37.8. The summed E-state index contributed by atoms with van der Waals surface area (Å²) in [5, 5.41) is 10.3. The molecule has 0 radical (unpaired) electrons. The van der Waals surface area contributed by atoms with Crippen molar-refractivity contribution in [1.29, 1.82) is 0 Å². The van der Waals surface area contributed by atoms with Crippen LogP contribution in [0.4, 0.5) is 0 Å². The highest BCUT2D eigenvalue weighted by Gasteiger charge is 2.54. The van der Waals surface area contributed by atoms with Crippen molar-refractivity contribution in [2.24, 2.45) is 0 Å². The largest absolute Gasteiger partial charge is 0.494 e. The van der Waals surface area contributed by atoms with E-state index in [0.29, 0.717) is 11.6 Å². The number of hydrogen-bond donors (Lipinski definition) is 0. The van der Waals surface area contributed by atoms with Gasteiger partial charge in [-0.15, -0.1) is 0 Å². The summed E-state index contributed by atoms with van der Waals surface area (Å²) in [4.78, 5) is 30.6. The van der Waals surface area contributed by atoms with Crippen LogP contribution in [0.2, 0.25) is 0 Å². The van der Waals surface area contributed by atoms with Gasteiger partial charge in [0, 0.05) is 54.9 Å². The number of fused-ring (bicyclic) bond motifs is 8. The van der Waals surface area contributed by atoms with Gasteiger partial charge in [0.1, 0.15) is 0 Å². The van der Waals surface area contributed by atoms with Crippen molar-refractivity contribution < 1.29 is 27.9 Å². The van der Waals surface area contributed by atoms with E-state index in [9.17, 15) is 0 Å². The normalized spacial score (nSPS) is 16.0. The van der Waals surface area contributed by atoms with Crippen molar-refractivity contribution in [3.8, 4) is 101 Å². The van der Waals surface area contributed by atoms with Crippen molar-refractivity contribution in [2.45, 2.75) is 117 Å². The average Bonchev–Trinajstić information content (AvgIpc) is 1.70. The van der Waals surface area contributed by atoms with E-state index in [2.05, 4.69) is 374 Å². The molecule has 3 aliphatic heterocycles. The fourth-order valence-corrected chi connectivity index (χ4v) is 16.4. The van der Waals surface area contributed by atoms with Crippen LogP contribution in [0, 0.1) is 0 Å². The predicted molar refractivity (Wildman–Crippen MR) is 507 cm³/mol. The summed E-state index contributed by atoms with van der Waals surface area (Å²) >= 11 is 0. The van der Waals surface area contributed by atoms with Crippen LogP contribution < -0.4 is 16.4 Å². The zero-order valence-electron chi connectivity index (χ0n) is 71.3. The van der Waals surface area contributed by atoms with Crippen LogP contribution in [0.15, 0.2) is 346 Å². The van der Waals surface area contributed by atoms with E-state index in [1.54, 1.807) is 0 Å². The highest BCUT2D eigenvalue weighted by atomic mass is 16.7. The second-order valence-electron chi connectivity index (χ2n) is 35.2. The van der Waals surface area contributed by atoms with Crippen LogP contribution in [-0.2, 0) is 27.9 Å². The minimum Gasteiger partial charge on any atom is -0.399 e. The lowest BCUT2D eigenvalue weighted by atomic mass is 9.78. The van der Waals surface area contributed by atoms with Crippen molar-refractivity contribution in [3.05, 3.63) is 346 Å².